The molecule has 0 saturated carbocycles. The number of aliphatic carboxylic acids is 1. The van der Waals surface area contributed by atoms with Crippen molar-refractivity contribution in [3.05, 3.63) is 0 Å². The number of amides is 2. The number of nitrogens with one attached hydrogen (secondary N) is 2. The van der Waals surface area contributed by atoms with Gasteiger partial charge in [-0.3, -0.25) is 4.79 Å². The van der Waals surface area contributed by atoms with E-state index >= 15 is 0 Å². The third-order valence-corrected chi connectivity index (χ3v) is 1.76. The third kappa shape index (κ3) is 7.75. The second-order valence-corrected chi connectivity index (χ2v) is 3.09. The number of carbonyl (C=O) groups excluding carboxylic acids is 1. The van der Waals surface area contributed by atoms with E-state index in [4.69, 9.17) is 9.84 Å². The van der Waals surface area contributed by atoms with Crippen LogP contribution in [0.3, 0.4) is 0 Å². The fraction of sp³-hybridized carbons (Fsp3) is 0.778. The van der Waals surface area contributed by atoms with E-state index in [-0.39, 0.29) is 19.0 Å². The van der Waals surface area contributed by atoms with E-state index in [0.29, 0.717) is 6.54 Å². The minimum atomic E-state index is -0.947. The first-order chi connectivity index (χ1) is 7.10. The fourth-order valence-corrected chi connectivity index (χ4v) is 0.941. The summed E-state index contributed by atoms with van der Waals surface area (Å²) in [4.78, 5) is 21.5. The zero-order chi connectivity index (χ0) is 11.7. The Morgan fingerprint density at radius 3 is 2.53 bits per heavy atom. The lowest BCUT2D eigenvalue weighted by Crippen LogP contribution is -2.41. The first-order valence-corrected chi connectivity index (χ1v) is 4.86. The predicted octanol–water partition coefficient (Wildman–Crippen LogP) is 0.185. The molecule has 0 aromatic heterocycles. The maximum atomic E-state index is 11.1. The molecule has 0 fully saturated rings. The number of carboxylic acid groups (broad SMARTS) is 1. The summed E-state index contributed by atoms with van der Waals surface area (Å²) in [7, 11) is 1.42. The molecule has 0 aliphatic carbocycles. The van der Waals surface area contributed by atoms with Crippen LogP contribution >= 0.6 is 0 Å². The summed E-state index contributed by atoms with van der Waals surface area (Å²) < 4.78 is 4.89. The molecule has 0 aliphatic rings. The van der Waals surface area contributed by atoms with E-state index in [9.17, 15) is 9.59 Å². The molecule has 0 saturated heterocycles. The van der Waals surface area contributed by atoms with Gasteiger partial charge in [-0.1, -0.05) is 6.92 Å². The van der Waals surface area contributed by atoms with Crippen molar-refractivity contribution < 1.29 is 19.4 Å². The van der Waals surface area contributed by atoms with Gasteiger partial charge in [0.05, 0.1) is 12.5 Å². The Morgan fingerprint density at radius 1 is 1.40 bits per heavy atom. The van der Waals surface area contributed by atoms with Crippen LogP contribution in [-0.2, 0) is 9.53 Å². The zero-order valence-electron chi connectivity index (χ0n) is 9.08. The van der Waals surface area contributed by atoms with Gasteiger partial charge in [0, 0.05) is 20.2 Å². The number of carboxylic acids is 1. The average Bonchev–Trinajstić information content (AvgIpc) is 2.20. The fourth-order valence-electron chi connectivity index (χ4n) is 0.941. The SMILES string of the molecule is CCCNC(=O)NCC(CC(=O)O)OC. The van der Waals surface area contributed by atoms with Crippen LogP contribution < -0.4 is 10.6 Å². The second kappa shape index (κ2) is 8.05. The second-order valence-electron chi connectivity index (χ2n) is 3.09. The van der Waals surface area contributed by atoms with Crippen LogP contribution in [0.5, 0.6) is 0 Å². The quantitative estimate of drug-likeness (QED) is 0.569. The van der Waals surface area contributed by atoms with Crippen molar-refractivity contribution in [1.82, 2.24) is 10.6 Å². The lowest BCUT2D eigenvalue weighted by Gasteiger charge is -2.14. The van der Waals surface area contributed by atoms with Gasteiger partial charge < -0.3 is 20.5 Å². The monoisotopic (exact) mass is 218 g/mol. The number of methoxy groups -OCH3 is 1. The largest absolute Gasteiger partial charge is 0.481 e. The molecule has 0 aliphatic heterocycles. The van der Waals surface area contributed by atoms with Crippen LogP contribution in [0.15, 0.2) is 0 Å². The minimum absolute atomic E-state index is 0.120. The van der Waals surface area contributed by atoms with Crippen molar-refractivity contribution in [2.75, 3.05) is 20.2 Å². The molecule has 0 bridgehead atoms. The molecule has 0 radical (unpaired) electrons. The summed E-state index contributed by atoms with van der Waals surface area (Å²) in [5.74, 6) is -0.947. The van der Waals surface area contributed by atoms with E-state index in [0.717, 1.165) is 6.42 Å². The predicted molar refractivity (Wildman–Crippen MR) is 54.7 cm³/mol. The van der Waals surface area contributed by atoms with Crippen LogP contribution in [-0.4, -0.2) is 43.4 Å². The number of hydrogen-bond acceptors (Lipinski definition) is 3. The zero-order valence-corrected chi connectivity index (χ0v) is 9.08. The summed E-state index contributed by atoms with van der Waals surface area (Å²) in [6.45, 7) is 2.74. The molecule has 1 atom stereocenters. The molecule has 0 aromatic rings. The Balaban J connectivity index is 3.69. The number of rotatable bonds is 7. The van der Waals surface area contributed by atoms with Gasteiger partial charge >= 0.3 is 12.0 Å². The number of hydrogen-bond donors (Lipinski definition) is 3. The Morgan fingerprint density at radius 2 is 2.07 bits per heavy atom. The molecular weight excluding hydrogens is 200 g/mol. The standard InChI is InChI=1S/C9H18N2O4/c1-3-4-10-9(14)11-6-7(15-2)5-8(12)13/h7H,3-6H2,1-2H3,(H,12,13)(H2,10,11,14). The van der Waals surface area contributed by atoms with Gasteiger partial charge in [-0.25, -0.2) is 4.79 Å². The smallest absolute Gasteiger partial charge is 0.314 e. The van der Waals surface area contributed by atoms with Gasteiger partial charge in [-0.05, 0) is 6.42 Å². The molecule has 0 rings (SSSR count). The highest BCUT2D eigenvalue weighted by Crippen LogP contribution is 1.94. The first kappa shape index (κ1) is 13.7. The highest BCUT2D eigenvalue weighted by Gasteiger charge is 2.12. The van der Waals surface area contributed by atoms with Crippen LogP contribution in [0.25, 0.3) is 0 Å². The lowest BCUT2D eigenvalue weighted by atomic mass is 10.2. The highest BCUT2D eigenvalue weighted by molar-refractivity contribution is 5.74. The van der Waals surface area contributed by atoms with E-state index in [1.54, 1.807) is 0 Å². The minimum Gasteiger partial charge on any atom is -0.481 e. The van der Waals surface area contributed by atoms with Gasteiger partial charge in [-0.15, -0.1) is 0 Å². The molecule has 0 spiro atoms. The summed E-state index contributed by atoms with van der Waals surface area (Å²) in [6.07, 6.45) is 0.246. The van der Waals surface area contributed by atoms with Crippen molar-refractivity contribution in [3.63, 3.8) is 0 Å². The van der Waals surface area contributed by atoms with Crippen LogP contribution in [0.4, 0.5) is 4.79 Å². The maximum Gasteiger partial charge on any atom is 0.314 e. The van der Waals surface area contributed by atoms with Crippen LogP contribution in [0.2, 0.25) is 0 Å². The Kier molecular flexibility index (Phi) is 7.35. The molecule has 6 heteroatoms. The normalized spacial score (nSPS) is 11.9. The van der Waals surface area contributed by atoms with Gasteiger partial charge in [0.2, 0.25) is 0 Å². The molecule has 3 N–H and O–H groups in total. The molecule has 0 aromatic carbocycles. The van der Waals surface area contributed by atoms with Crippen molar-refractivity contribution >= 4 is 12.0 Å². The van der Waals surface area contributed by atoms with Gasteiger partial charge in [0.15, 0.2) is 0 Å². The van der Waals surface area contributed by atoms with Crippen LogP contribution in [0, 0.1) is 0 Å². The maximum absolute atomic E-state index is 11.1. The number of urea groups is 1. The Labute approximate surface area is 89.0 Å². The van der Waals surface area contributed by atoms with Crippen molar-refractivity contribution in [2.24, 2.45) is 0 Å². The molecule has 15 heavy (non-hydrogen) atoms. The molecule has 1 unspecified atom stereocenters. The molecule has 88 valence electrons. The van der Waals surface area contributed by atoms with Crippen molar-refractivity contribution in [1.29, 1.82) is 0 Å². The van der Waals surface area contributed by atoms with Gasteiger partial charge in [0.25, 0.3) is 0 Å². The van der Waals surface area contributed by atoms with Crippen molar-refractivity contribution in [3.8, 4) is 0 Å². The van der Waals surface area contributed by atoms with Gasteiger partial charge in [-0.2, -0.15) is 0 Å². The summed E-state index contributed by atoms with van der Waals surface area (Å²) in [5.41, 5.74) is 0. The number of ether oxygens (including phenoxy) is 1. The molecule has 0 heterocycles. The van der Waals surface area contributed by atoms with Gasteiger partial charge in [0.1, 0.15) is 0 Å². The molecule has 6 nitrogen and oxygen atoms in total. The van der Waals surface area contributed by atoms with Crippen molar-refractivity contribution in [2.45, 2.75) is 25.9 Å². The van der Waals surface area contributed by atoms with Crippen LogP contribution in [0.1, 0.15) is 19.8 Å². The van der Waals surface area contributed by atoms with E-state index in [2.05, 4.69) is 10.6 Å². The number of carbonyl (C=O) groups is 2. The Hall–Kier alpha value is -1.30. The summed E-state index contributed by atoms with van der Waals surface area (Å²) >= 11 is 0. The highest BCUT2D eigenvalue weighted by atomic mass is 16.5. The summed E-state index contributed by atoms with van der Waals surface area (Å²) in [6, 6.07) is -0.302. The topological polar surface area (TPSA) is 87.7 Å². The lowest BCUT2D eigenvalue weighted by molar-refractivity contribution is -0.139. The van der Waals surface area contributed by atoms with E-state index in [1.165, 1.54) is 7.11 Å². The Bertz CT molecular complexity index is 208. The third-order valence-electron chi connectivity index (χ3n) is 1.76. The summed E-state index contributed by atoms with van der Waals surface area (Å²) in [5, 5.41) is 13.7. The molecular formula is C9H18N2O4. The van der Waals surface area contributed by atoms with E-state index in [1.807, 2.05) is 6.92 Å². The van der Waals surface area contributed by atoms with E-state index < -0.39 is 12.1 Å². The first-order valence-electron chi connectivity index (χ1n) is 4.86. The average molecular weight is 218 g/mol. The molecule has 2 amide bonds.